The fraction of sp³-hybridized carbons (Fsp3) is 0. The van der Waals surface area contributed by atoms with Crippen LogP contribution in [0, 0.1) is 0 Å². The van der Waals surface area contributed by atoms with Gasteiger partial charge in [-0.1, -0.05) is 109 Å². The number of para-hydroxylation sites is 4. The largest absolute Gasteiger partial charge is 0.308 e. The Bertz CT molecular complexity index is 3100. The number of aromatic nitrogens is 4. The standard InChI is InChI=1S/C44H26N4S/c1-3-13-27(14-4-1)41-44(46-36-20-10-9-19-35(36)45-41)48-37-21-11-7-17-29(37)33-25-34-31-23-24-32-30-18-8-12-22-40(30)49-43(32)42(31)47(38(34)26-39(33)48)28-15-5-2-6-16-28/h1-26H. The van der Waals surface area contributed by atoms with Gasteiger partial charge >= 0.3 is 0 Å². The monoisotopic (exact) mass is 642 g/mol. The van der Waals surface area contributed by atoms with E-state index in [1.807, 2.05) is 35.6 Å². The van der Waals surface area contributed by atoms with Gasteiger partial charge in [-0.05, 0) is 48.5 Å². The van der Waals surface area contributed by atoms with Crippen molar-refractivity contribution in [2.75, 3.05) is 0 Å². The minimum atomic E-state index is 0.824. The first kappa shape index (κ1) is 26.7. The summed E-state index contributed by atoms with van der Waals surface area (Å²) in [6, 6.07) is 56.2. The van der Waals surface area contributed by atoms with E-state index in [4.69, 9.17) is 9.97 Å². The van der Waals surface area contributed by atoms with Gasteiger partial charge in [0.2, 0.25) is 0 Å². The highest BCUT2D eigenvalue weighted by molar-refractivity contribution is 7.26. The van der Waals surface area contributed by atoms with Crippen LogP contribution < -0.4 is 0 Å². The van der Waals surface area contributed by atoms with Crippen molar-refractivity contribution in [2.24, 2.45) is 0 Å². The first-order chi connectivity index (χ1) is 24.3. The third-order valence-electron chi connectivity index (χ3n) is 9.89. The van der Waals surface area contributed by atoms with Crippen molar-refractivity contribution in [2.45, 2.75) is 0 Å². The highest BCUT2D eigenvalue weighted by Crippen LogP contribution is 2.45. The van der Waals surface area contributed by atoms with Crippen molar-refractivity contribution in [3.8, 4) is 22.8 Å². The van der Waals surface area contributed by atoms with Crippen molar-refractivity contribution in [3.05, 3.63) is 158 Å². The molecule has 11 aromatic rings. The summed E-state index contributed by atoms with van der Waals surface area (Å²) in [5.74, 6) is 0.824. The van der Waals surface area contributed by atoms with E-state index in [-0.39, 0.29) is 0 Å². The Morgan fingerprint density at radius 3 is 1.90 bits per heavy atom. The molecule has 0 unspecified atom stereocenters. The predicted molar refractivity (Wildman–Crippen MR) is 207 cm³/mol. The Morgan fingerprint density at radius 2 is 1.06 bits per heavy atom. The molecule has 0 aliphatic heterocycles. The van der Waals surface area contributed by atoms with Gasteiger partial charge < -0.3 is 4.57 Å². The van der Waals surface area contributed by atoms with E-state index in [2.05, 4.69) is 143 Å². The molecule has 5 heteroatoms. The van der Waals surface area contributed by atoms with Crippen molar-refractivity contribution >= 4 is 86.2 Å². The van der Waals surface area contributed by atoms with Gasteiger partial charge in [-0.25, -0.2) is 9.97 Å². The second-order valence-electron chi connectivity index (χ2n) is 12.6. The summed E-state index contributed by atoms with van der Waals surface area (Å²) in [7, 11) is 0. The van der Waals surface area contributed by atoms with Gasteiger partial charge in [0.15, 0.2) is 5.82 Å². The number of benzene rings is 7. The Balaban J connectivity index is 1.33. The van der Waals surface area contributed by atoms with E-state index in [1.54, 1.807) is 0 Å². The van der Waals surface area contributed by atoms with Crippen molar-refractivity contribution in [3.63, 3.8) is 0 Å². The minimum Gasteiger partial charge on any atom is -0.308 e. The van der Waals surface area contributed by atoms with Gasteiger partial charge in [0.25, 0.3) is 0 Å². The molecule has 0 fully saturated rings. The van der Waals surface area contributed by atoms with Crippen LogP contribution in [-0.4, -0.2) is 19.1 Å². The lowest BCUT2D eigenvalue weighted by Gasteiger charge is -2.14. The van der Waals surface area contributed by atoms with E-state index in [0.717, 1.165) is 50.3 Å². The first-order valence-electron chi connectivity index (χ1n) is 16.5. The second kappa shape index (κ2) is 10.1. The maximum absolute atomic E-state index is 5.36. The zero-order chi connectivity index (χ0) is 32.1. The molecule has 49 heavy (non-hydrogen) atoms. The smallest absolute Gasteiger partial charge is 0.165 e. The van der Waals surface area contributed by atoms with Crippen molar-refractivity contribution < 1.29 is 0 Å². The van der Waals surface area contributed by atoms with Crippen molar-refractivity contribution in [1.29, 1.82) is 0 Å². The topological polar surface area (TPSA) is 35.6 Å². The lowest BCUT2D eigenvalue weighted by Crippen LogP contribution is -2.03. The Hall–Kier alpha value is -6.30. The Kier molecular flexibility index (Phi) is 5.51. The molecule has 0 bridgehead atoms. The molecule has 0 saturated heterocycles. The van der Waals surface area contributed by atoms with Gasteiger partial charge in [0.1, 0.15) is 5.69 Å². The molecule has 0 spiro atoms. The average molecular weight is 643 g/mol. The van der Waals surface area contributed by atoms with Crippen LogP contribution in [0.3, 0.4) is 0 Å². The summed E-state index contributed by atoms with van der Waals surface area (Å²) in [6.45, 7) is 0. The third-order valence-corrected chi connectivity index (χ3v) is 11.1. The van der Waals surface area contributed by atoms with Gasteiger partial charge in [-0.2, -0.15) is 0 Å². The summed E-state index contributed by atoms with van der Waals surface area (Å²) in [5, 5.41) is 7.48. The molecule has 0 aliphatic rings. The van der Waals surface area contributed by atoms with Crippen LogP contribution in [0.2, 0.25) is 0 Å². The van der Waals surface area contributed by atoms with Crippen LogP contribution in [0.25, 0.3) is 97.6 Å². The number of fused-ring (bicyclic) bond motifs is 11. The molecule has 0 atom stereocenters. The summed E-state index contributed by atoms with van der Waals surface area (Å²) in [6.07, 6.45) is 0. The third kappa shape index (κ3) is 3.79. The van der Waals surface area contributed by atoms with E-state index in [9.17, 15) is 0 Å². The zero-order valence-electron chi connectivity index (χ0n) is 26.2. The van der Waals surface area contributed by atoms with Gasteiger partial charge in [-0.3, -0.25) is 4.57 Å². The Morgan fingerprint density at radius 1 is 0.429 bits per heavy atom. The molecule has 4 nitrogen and oxygen atoms in total. The SMILES string of the molecule is c1ccc(-c2nc3ccccc3nc2-n2c3ccccc3c3cc4c5ccc6c7ccccc7sc6c5n(-c5ccccc5)c4cc32)cc1. The van der Waals surface area contributed by atoms with E-state index >= 15 is 0 Å². The molecule has 0 saturated carbocycles. The van der Waals surface area contributed by atoms with E-state index in [0.29, 0.717) is 0 Å². The van der Waals surface area contributed by atoms with Gasteiger partial charge in [0, 0.05) is 48.3 Å². The summed E-state index contributed by atoms with van der Waals surface area (Å²) >= 11 is 1.88. The summed E-state index contributed by atoms with van der Waals surface area (Å²) < 4.78 is 7.41. The number of hydrogen-bond acceptors (Lipinski definition) is 3. The number of thiophene rings is 1. The maximum Gasteiger partial charge on any atom is 0.165 e. The fourth-order valence-corrected chi connectivity index (χ4v) is 8.99. The maximum atomic E-state index is 5.36. The highest BCUT2D eigenvalue weighted by atomic mass is 32.1. The molecular formula is C44H26N4S. The van der Waals surface area contributed by atoms with E-state index < -0.39 is 0 Å². The molecule has 0 radical (unpaired) electrons. The number of hydrogen-bond donors (Lipinski definition) is 0. The van der Waals surface area contributed by atoms with Gasteiger partial charge in [-0.15, -0.1) is 11.3 Å². The highest BCUT2D eigenvalue weighted by Gasteiger charge is 2.23. The lowest BCUT2D eigenvalue weighted by molar-refractivity contribution is 1.08. The van der Waals surface area contributed by atoms with Crippen LogP contribution in [0.5, 0.6) is 0 Å². The zero-order valence-corrected chi connectivity index (χ0v) is 27.0. The number of nitrogens with zero attached hydrogens (tertiary/aromatic N) is 4. The quantitative estimate of drug-likeness (QED) is 0.192. The minimum absolute atomic E-state index is 0.824. The normalized spacial score (nSPS) is 12.1. The average Bonchev–Trinajstić information content (AvgIpc) is 3.81. The molecule has 4 heterocycles. The molecule has 7 aromatic carbocycles. The van der Waals surface area contributed by atoms with E-state index in [1.165, 1.54) is 47.2 Å². The molecule has 0 amide bonds. The molecule has 228 valence electrons. The van der Waals surface area contributed by atoms with Crippen LogP contribution in [-0.2, 0) is 0 Å². The molecule has 11 rings (SSSR count). The predicted octanol–water partition coefficient (Wildman–Crippen LogP) is 11.9. The number of rotatable bonds is 3. The van der Waals surface area contributed by atoms with Crippen LogP contribution in [0.1, 0.15) is 0 Å². The fourth-order valence-electron chi connectivity index (χ4n) is 7.75. The summed E-state index contributed by atoms with van der Waals surface area (Å²) in [4.78, 5) is 10.6. The lowest BCUT2D eigenvalue weighted by atomic mass is 10.1. The first-order valence-corrected chi connectivity index (χ1v) is 17.3. The summed E-state index contributed by atoms with van der Waals surface area (Å²) in [5.41, 5.74) is 9.41. The van der Waals surface area contributed by atoms with Crippen molar-refractivity contribution in [1.82, 2.24) is 19.1 Å². The second-order valence-corrected chi connectivity index (χ2v) is 13.6. The van der Waals surface area contributed by atoms with Crippen LogP contribution >= 0.6 is 11.3 Å². The van der Waals surface area contributed by atoms with Crippen LogP contribution in [0.4, 0.5) is 0 Å². The molecule has 0 N–H and O–H groups in total. The molecular weight excluding hydrogens is 617 g/mol. The van der Waals surface area contributed by atoms with Gasteiger partial charge in [0.05, 0.1) is 37.8 Å². The van der Waals surface area contributed by atoms with Crippen LogP contribution in [0.15, 0.2) is 158 Å². The molecule has 0 aliphatic carbocycles. The molecule has 4 aromatic heterocycles. The Labute approximate surface area is 284 Å².